The Bertz CT molecular complexity index is 1140. The van der Waals surface area contributed by atoms with Crippen molar-refractivity contribution in [3.8, 4) is 6.07 Å². The minimum Gasteiger partial charge on any atom is -0.421 e. The lowest BCUT2D eigenvalue weighted by atomic mass is 10.2. The number of nitrogens with one attached hydrogen (secondary N) is 2. The highest BCUT2D eigenvalue weighted by molar-refractivity contribution is 7.92. The van der Waals surface area contributed by atoms with Gasteiger partial charge in [0, 0.05) is 12.4 Å². The molecule has 0 atom stereocenters. The van der Waals surface area contributed by atoms with Crippen LogP contribution in [0.4, 0.5) is 11.4 Å². The van der Waals surface area contributed by atoms with E-state index in [-0.39, 0.29) is 10.6 Å². The number of nitriles is 1. The molecule has 2 aromatic carbocycles. The second-order valence-electron chi connectivity index (χ2n) is 5.13. The average molecular weight is 355 g/mol. The summed E-state index contributed by atoms with van der Waals surface area (Å²) in [7, 11) is -2.44. The highest BCUT2D eigenvalue weighted by Crippen LogP contribution is 2.29. The lowest BCUT2D eigenvalue weighted by Gasteiger charge is -2.13. The third-order valence-corrected chi connectivity index (χ3v) is 4.96. The Labute approximate surface area is 143 Å². The molecule has 0 saturated carbocycles. The van der Waals surface area contributed by atoms with Gasteiger partial charge in [-0.05, 0) is 36.4 Å². The molecular formula is C17H13N3O4S. The molecule has 7 nitrogen and oxygen atoms in total. The van der Waals surface area contributed by atoms with E-state index in [1.807, 2.05) is 6.07 Å². The summed E-state index contributed by atoms with van der Waals surface area (Å²) >= 11 is 0. The number of benzene rings is 2. The Balaban J connectivity index is 2.12. The van der Waals surface area contributed by atoms with Crippen molar-refractivity contribution in [3.63, 3.8) is 0 Å². The van der Waals surface area contributed by atoms with Gasteiger partial charge < -0.3 is 9.73 Å². The molecule has 0 fully saturated rings. The summed E-state index contributed by atoms with van der Waals surface area (Å²) in [5, 5.41) is 12.2. The molecule has 0 unspecified atom stereocenters. The quantitative estimate of drug-likeness (QED) is 0.696. The van der Waals surface area contributed by atoms with Crippen molar-refractivity contribution in [1.82, 2.24) is 0 Å². The molecule has 8 heteroatoms. The van der Waals surface area contributed by atoms with Crippen molar-refractivity contribution in [3.05, 3.63) is 64.5 Å². The normalized spacial score (nSPS) is 11.0. The van der Waals surface area contributed by atoms with Gasteiger partial charge in [0.05, 0.1) is 22.2 Å². The molecule has 3 aromatic rings. The van der Waals surface area contributed by atoms with Gasteiger partial charge in [-0.1, -0.05) is 12.1 Å². The first kappa shape index (κ1) is 16.5. The smallest absolute Gasteiger partial charge is 0.363 e. The minimum atomic E-state index is -4.02. The molecule has 3 rings (SSSR count). The number of hydrogen-bond donors (Lipinski definition) is 2. The van der Waals surface area contributed by atoms with Gasteiger partial charge in [-0.3, -0.25) is 4.72 Å². The predicted octanol–water partition coefficient (Wildman–Crippen LogP) is 2.51. The second-order valence-corrected chi connectivity index (χ2v) is 6.81. The van der Waals surface area contributed by atoms with E-state index in [1.165, 1.54) is 24.3 Å². The summed E-state index contributed by atoms with van der Waals surface area (Å²) < 4.78 is 32.6. The SMILES string of the molecule is CNc1c(NS(=O)(=O)c2ccc(C#N)cc2)c(=O)oc2ccccc12. The topological polar surface area (TPSA) is 112 Å². The lowest BCUT2D eigenvalue weighted by Crippen LogP contribution is -2.20. The van der Waals surface area contributed by atoms with Crippen LogP contribution in [0, 0.1) is 11.3 Å². The molecule has 2 N–H and O–H groups in total. The number of para-hydroxylation sites is 1. The average Bonchev–Trinajstić information content (AvgIpc) is 2.62. The van der Waals surface area contributed by atoms with Crippen LogP contribution in [0.1, 0.15) is 5.56 Å². The van der Waals surface area contributed by atoms with Gasteiger partial charge in [-0.15, -0.1) is 0 Å². The van der Waals surface area contributed by atoms with E-state index in [1.54, 1.807) is 31.3 Å². The molecule has 0 radical (unpaired) electrons. The maximum Gasteiger partial charge on any atom is 0.363 e. The lowest BCUT2D eigenvalue weighted by molar-refractivity contribution is 0.563. The van der Waals surface area contributed by atoms with Crippen molar-refractivity contribution >= 4 is 32.4 Å². The maximum atomic E-state index is 12.6. The number of rotatable bonds is 4. The molecule has 0 bridgehead atoms. The molecule has 126 valence electrons. The number of fused-ring (bicyclic) bond motifs is 1. The van der Waals surface area contributed by atoms with Crippen LogP contribution in [0.15, 0.2) is 62.6 Å². The molecule has 25 heavy (non-hydrogen) atoms. The summed E-state index contributed by atoms with van der Waals surface area (Å²) in [5.74, 6) is 0. The van der Waals surface area contributed by atoms with Crippen LogP contribution in [0.3, 0.4) is 0 Å². The molecule has 1 aromatic heterocycles. The Kier molecular flexibility index (Phi) is 4.17. The van der Waals surface area contributed by atoms with Gasteiger partial charge >= 0.3 is 5.63 Å². The highest BCUT2D eigenvalue weighted by atomic mass is 32.2. The van der Waals surface area contributed by atoms with Crippen LogP contribution in [0.25, 0.3) is 11.0 Å². The van der Waals surface area contributed by atoms with Crippen LogP contribution in [-0.4, -0.2) is 15.5 Å². The van der Waals surface area contributed by atoms with E-state index in [4.69, 9.17) is 9.68 Å². The largest absolute Gasteiger partial charge is 0.421 e. The first-order valence-corrected chi connectivity index (χ1v) is 8.71. The molecule has 0 saturated heterocycles. The summed E-state index contributed by atoms with van der Waals surface area (Å²) in [6.45, 7) is 0. The number of sulfonamides is 1. The van der Waals surface area contributed by atoms with Crippen LogP contribution >= 0.6 is 0 Å². The first-order chi connectivity index (χ1) is 12.0. The Hall–Kier alpha value is -3.31. The second kappa shape index (κ2) is 6.30. The third kappa shape index (κ3) is 3.05. The van der Waals surface area contributed by atoms with E-state index >= 15 is 0 Å². The van der Waals surface area contributed by atoms with Gasteiger partial charge in [0.1, 0.15) is 5.58 Å². The van der Waals surface area contributed by atoms with Gasteiger partial charge in [0.25, 0.3) is 10.0 Å². The Morgan fingerprint density at radius 3 is 2.36 bits per heavy atom. The number of hydrogen-bond acceptors (Lipinski definition) is 6. The van der Waals surface area contributed by atoms with E-state index in [2.05, 4.69) is 10.0 Å². The fourth-order valence-electron chi connectivity index (χ4n) is 2.40. The van der Waals surface area contributed by atoms with Crippen molar-refractivity contribution in [1.29, 1.82) is 5.26 Å². The van der Waals surface area contributed by atoms with Crippen molar-refractivity contribution in [2.45, 2.75) is 4.90 Å². The monoisotopic (exact) mass is 355 g/mol. The van der Waals surface area contributed by atoms with Gasteiger partial charge in [0.15, 0.2) is 5.69 Å². The van der Waals surface area contributed by atoms with E-state index in [0.717, 1.165) is 0 Å². The third-order valence-electron chi connectivity index (χ3n) is 3.59. The van der Waals surface area contributed by atoms with Crippen LogP contribution in [0.2, 0.25) is 0 Å². The van der Waals surface area contributed by atoms with Gasteiger partial charge in [0.2, 0.25) is 0 Å². The Morgan fingerprint density at radius 1 is 1.04 bits per heavy atom. The summed E-state index contributed by atoms with van der Waals surface area (Å²) in [6.07, 6.45) is 0. The minimum absolute atomic E-state index is 0.0684. The van der Waals surface area contributed by atoms with Gasteiger partial charge in [-0.25, -0.2) is 13.2 Å². The zero-order valence-corrected chi connectivity index (χ0v) is 13.9. The fraction of sp³-hybridized carbons (Fsp3) is 0.0588. The highest BCUT2D eigenvalue weighted by Gasteiger charge is 2.21. The van der Waals surface area contributed by atoms with E-state index in [9.17, 15) is 13.2 Å². The fourth-order valence-corrected chi connectivity index (χ4v) is 3.47. The number of anilines is 2. The van der Waals surface area contributed by atoms with E-state index < -0.39 is 15.6 Å². The molecule has 1 heterocycles. The van der Waals surface area contributed by atoms with Crippen molar-refractivity contribution in [2.75, 3.05) is 17.1 Å². The first-order valence-electron chi connectivity index (χ1n) is 7.23. The number of nitrogens with zero attached hydrogens (tertiary/aromatic N) is 1. The van der Waals surface area contributed by atoms with Crippen LogP contribution < -0.4 is 15.7 Å². The molecule has 0 aliphatic heterocycles. The van der Waals surface area contributed by atoms with E-state index in [0.29, 0.717) is 22.2 Å². The zero-order chi connectivity index (χ0) is 18.0. The predicted molar refractivity (Wildman–Crippen MR) is 94.0 cm³/mol. The summed E-state index contributed by atoms with van der Waals surface area (Å²) in [4.78, 5) is 12.2. The van der Waals surface area contributed by atoms with Crippen LogP contribution in [-0.2, 0) is 10.0 Å². The van der Waals surface area contributed by atoms with Gasteiger partial charge in [-0.2, -0.15) is 5.26 Å². The molecule has 0 aliphatic rings. The summed E-state index contributed by atoms with van der Waals surface area (Å²) in [6, 6.07) is 14.1. The maximum absolute atomic E-state index is 12.6. The zero-order valence-electron chi connectivity index (χ0n) is 13.1. The van der Waals surface area contributed by atoms with Crippen molar-refractivity contribution < 1.29 is 12.8 Å². The standard InChI is InChI=1S/C17H13N3O4S/c1-19-15-13-4-2-3-5-14(13)24-17(21)16(15)20-25(22,23)12-8-6-11(10-18)7-9-12/h2-9,19-20H,1H3. The molecular weight excluding hydrogens is 342 g/mol. The van der Waals surface area contributed by atoms with Crippen LogP contribution in [0.5, 0.6) is 0 Å². The summed E-state index contributed by atoms with van der Waals surface area (Å²) in [5.41, 5.74) is -0.00634. The van der Waals surface area contributed by atoms with Crippen molar-refractivity contribution in [2.24, 2.45) is 0 Å². The molecule has 0 amide bonds. The molecule has 0 aliphatic carbocycles. The Morgan fingerprint density at radius 2 is 1.72 bits per heavy atom. The molecule has 0 spiro atoms.